The molecule has 0 amide bonds. The van der Waals surface area contributed by atoms with Crippen LogP contribution in [0.3, 0.4) is 0 Å². The molecule has 0 fully saturated rings. The zero-order chi connectivity index (χ0) is 20.1. The van der Waals surface area contributed by atoms with E-state index < -0.39 is 5.97 Å². The summed E-state index contributed by atoms with van der Waals surface area (Å²) in [4.78, 5) is 12.0. The molecule has 4 aromatic rings. The molecule has 0 atom stereocenters. The Kier molecular flexibility index (Phi) is 5.43. The third kappa shape index (κ3) is 4.22. The highest BCUT2D eigenvalue weighted by atomic mass is 16.5. The number of aromatic carboxylic acids is 1. The molecule has 0 aliphatic heterocycles. The van der Waals surface area contributed by atoms with Gasteiger partial charge in [0.1, 0.15) is 30.3 Å². The minimum Gasteiger partial charge on any atom is -0.488 e. The van der Waals surface area contributed by atoms with Crippen molar-refractivity contribution in [2.24, 2.45) is 0 Å². The number of hydrogen-bond acceptors (Lipinski definition) is 3. The molecule has 0 saturated heterocycles. The largest absolute Gasteiger partial charge is 0.488 e. The van der Waals surface area contributed by atoms with Gasteiger partial charge in [-0.2, -0.15) is 0 Å². The molecule has 1 N–H and O–H groups in total. The molecule has 4 rings (SSSR count). The van der Waals surface area contributed by atoms with Gasteiger partial charge in [-0.25, -0.2) is 4.79 Å². The molecule has 0 radical (unpaired) electrons. The molecule has 0 spiro atoms. The van der Waals surface area contributed by atoms with E-state index in [1.165, 1.54) is 0 Å². The molecule has 4 aromatic carbocycles. The molecule has 0 heterocycles. The third-order valence-corrected chi connectivity index (χ3v) is 4.65. The fraction of sp³-hybridized carbons (Fsp3) is 0.0800. The first-order valence-electron chi connectivity index (χ1n) is 9.35. The Morgan fingerprint density at radius 1 is 0.690 bits per heavy atom. The number of carboxylic acid groups (broad SMARTS) is 1. The minimum atomic E-state index is -1.05. The standard InChI is InChI=1S/C25H20O4/c26-25(27)22-15-23(28-16-18-9-3-1-4-10-18)20-13-7-8-14-21(20)24(22)29-17-19-11-5-2-6-12-19/h1-15H,16-17H2,(H,26,27). The molecular formula is C25H20O4. The van der Waals surface area contributed by atoms with Crippen LogP contribution in [-0.2, 0) is 13.2 Å². The highest BCUT2D eigenvalue weighted by molar-refractivity contribution is 6.03. The van der Waals surface area contributed by atoms with Crippen molar-refractivity contribution in [3.05, 3.63) is 108 Å². The smallest absolute Gasteiger partial charge is 0.339 e. The van der Waals surface area contributed by atoms with Crippen LogP contribution in [0.1, 0.15) is 21.5 Å². The van der Waals surface area contributed by atoms with Crippen LogP contribution in [0.4, 0.5) is 0 Å². The average Bonchev–Trinajstić information content (AvgIpc) is 2.77. The summed E-state index contributed by atoms with van der Waals surface area (Å²) >= 11 is 0. The number of benzene rings is 4. The first-order chi connectivity index (χ1) is 14.2. The highest BCUT2D eigenvalue weighted by Crippen LogP contribution is 2.37. The fourth-order valence-corrected chi connectivity index (χ4v) is 3.21. The van der Waals surface area contributed by atoms with Gasteiger partial charge >= 0.3 is 5.97 Å². The Hall–Kier alpha value is -3.79. The van der Waals surface area contributed by atoms with E-state index in [9.17, 15) is 9.90 Å². The number of carboxylic acids is 1. The molecule has 4 heteroatoms. The fourth-order valence-electron chi connectivity index (χ4n) is 3.21. The Morgan fingerprint density at radius 2 is 1.21 bits per heavy atom. The lowest BCUT2D eigenvalue weighted by Gasteiger charge is -2.16. The van der Waals surface area contributed by atoms with Gasteiger partial charge in [-0.3, -0.25) is 0 Å². The highest BCUT2D eigenvalue weighted by Gasteiger charge is 2.19. The van der Waals surface area contributed by atoms with Gasteiger partial charge in [0.05, 0.1) is 0 Å². The van der Waals surface area contributed by atoms with E-state index in [-0.39, 0.29) is 12.2 Å². The van der Waals surface area contributed by atoms with Gasteiger partial charge in [-0.15, -0.1) is 0 Å². The van der Waals surface area contributed by atoms with Crippen molar-refractivity contribution >= 4 is 16.7 Å². The Labute approximate surface area is 169 Å². The second-order valence-electron chi connectivity index (χ2n) is 6.65. The topological polar surface area (TPSA) is 55.8 Å². The zero-order valence-corrected chi connectivity index (χ0v) is 15.7. The summed E-state index contributed by atoms with van der Waals surface area (Å²) in [5, 5.41) is 11.3. The van der Waals surface area contributed by atoms with E-state index in [4.69, 9.17) is 9.47 Å². The van der Waals surface area contributed by atoms with Gasteiger partial charge in [-0.1, -0.05) is 84.9 Å². The molecule has 29 heavy (non-hydrogen) atoms. The van der Waals surface area contributed by atoms with Gasteiger partial charge in [0.15, 0.2) is 0 Å². The van der Waals surface area contributed by atoms with Gasteiger partial charge in [-0.05, 0) is 17.2 Å². The number of ether oxygens (including phenoxy) is 2. The van der Waals surface area contributed by atoms with Crippen molar-refractivity contribution in [2.75, 3.05) is 0 Å². The molecule has 0 aliphatic carbocycles. The number of rotatable bonds is 7. The Balaban J connectivity index is 1.71. The van der Waals surface area contributed by atoms with E-state index in [2.05, 4.69) is 0 Å². The van der Waals surface area contributed by atoms with Gasteiger partial charge in [0.25, 0.3) is 0 Å². The molecule has 0 unspecified atom stereocenters. The predicted octanol–water partition coefficient (Wildman–Crippen LogP) is 5.70. The second kappa shape index (κ2) is 8.48. The van der Waals surface area contributed by atoms with Crippen LogP contribution in [0.25, 0.3) is 10.8 Å². The van der Waals surface area contributed by atoms with Crippen LogP contribution < -0.4 is 9.47 Å². The summed E-state index contributed by atoms with van der Waals surface area (Å²) in [7, 11) is 0. The van der Waals surface area contributed by atoms with Crippen LogP contribution in [0.2, 0.25) is 0 Å². The van der Waals surface area contributed by atoms with Crippen LogP contribution >= 0.6 is 0 Å². The normalized spacial score (nSPS) is 10.6. The van der Waals surface area contributed by atoms with Crippen molar-refractivity contribution in [2.45, 2.75) is 13.2 Å². The first-order valence-corrected chi connectivity index (χ1v) is 9.35. The lowest BCUT2D eigenvalue weighted by Crippen LogP contribution is -2.06. The van der Waals surface area contributed by atoms with Crippen molar-refractivity contribution < 1.29 is 19.4 Å². The van der Waals surface area contributed by atoms with Crippen molar-refractivity contribution in [3.8, 4) is 11.5 Å². The summed E-state index contributed by atoms with van der Waals surface area (Å²) in [6, 6.07) is 28.5. The molecular weight excluding hydrogens is 364 g/mol. The molecule has 4 nitrogen and oxygen atoms in total. The average molecular weight is 384 g/mol. The van der Waals surface area contributed by atoms with Crippen molar-refractivity contribution in [1.29, 1.82) is 0 Å². The van der Waals surface area contributed by atoms with Gasteiger partial charge < -0.3 is 14.6 Å². The molecule has 0 aromatic heterocycles. The maximum atomic E-state index is 12.0. The summed E-state index contributed by atoms with van der Waals surface area (Å²) in [5.41, 5.74) is 2.07. The SMILES string of the molecule is O=C(O)c1cc(OCc2ccccc2)c2ccccc2c1OCc1ccccc1. The summed E-state index contributed by atoms with van der Waals surface area (Å²) in [6.45, 7) is 0.642. The first kappa shape index (κ1) is 18.6. The van der Waals surface area contributed by atoms with E-state index in [1.807, 2.05) is 84.9 Å². The molecule has 0 bridgehead atoms. The van der Waals surface area contributed by atoms with Crippen LogP contribution in [0.5, 0.6) is 11.5 Å². The number of carbonyl (C=O) groups is 1. The van der Waals surface area contributed by atoms with Crippen molar-refractivity contribution in [3.63, 3.8) is 0 Å². The lowest BCUT2D eigenvalue weighted by molar-refractivity contribution is 0.0691. The van der Waals surface area contributed by atoms with E-state index in [1.54, 1.807) is 6.07 Å². The van der Waals surface area contributed by atoms with Gasteiger partial charge in [0, 0.05) is 10.8 Å². The molecule has 0 aliphatic rings. The monoisotopic (exact) mass is 384 g/mol. The van der Waals surface area contributed by atoms with E-state index in [0.29, 0.717) is 23.5 Å². The molecule has 0 saturated carbocycles. The Morgan fingerprint density at radius 3 is 1.79 bits per heavy atom. The summed E-state index contributed by atoms with van der Waals surface area (Å²) in [5.74, 6) is -0.179. The summed E-state index contributed by atoms with van der Waals surface area (Å²) in [6.07, 6.45) is 0. The van der Waals surface area contributed by atoms with Crippen LogP contribution in [-0.4, -0.2) is 11.1 Å². The van der Waals surface area contributed by atoms with E-state index >= 15 is 0 Å². The number of hydrogen-bond donors (Lipinski definition) is 1. The zero-order valence-electron chi connectivity index (χ0n) is 15.7. The second-order valence-corrected chi connectivity index (χ2v) is 6.65. The van der Waals surface area contributed by atoms with Gasteiger partial charge in [0.2, 0.25) is 0 Å². The third-order valence-electron chi connectivity index (χ3n) is 4.65. The van der Waals surface area contributed by atoms with Crippen molar-refractivity contribution in [1.82, 2.24) is 0 Å². The van der Waals surface area contributed by atoms with Crippen LogP contribution in [0, 0.1) is 0 Å². The Bertz CT molecular complexity index is 1120. The maximum Gasteiger partial charge on any atom is 0.339 e. The maximum absolute atomic E-state index is 12.0. The van der Waals surface area contributed by atoms with Crippen LogP contribution in [0.15, 0.2) is 91.0 Å². The minimum absolute atomic E-state index is 0.0858. The summed E-state index contributed by atoms with van der Waals surface area (Å²) < 4.78 is 12.0. The van der Waals surface area contributed by atoms with E-state index in [0.717, 1.165) is 16.5 Å². The number of fused-ring (bicyclic) bond motifs is 1. The quantitative estimate of drug-likeness (QED) is 0.444. The predicted molar refractivity (Wildman–Crippen MR) is 112 cm³/mol. The molecule has 144 valence electrons. The lowest BCUT2D eigenvalue weighted by atomic mass is 10.0.